The molecule has 0 aromatic heterocycles. The van der Waals surface area contributed by atoms with Gasteiger partial charge in [-0.25, -0.2) is 0 Å². The Labute approximate surface area is 202 Å². The fourth-order valence-corrected chi connectivity index (χ4v) is 4.39. The summed E-state index contributed by atoms with van der Waals surface area (Å²) in [6.45, 7) is 8.02. The van der Waals surface area contributed by atoms with E-state index < -0.39 is 0 Å². The fourth-order valence-electron chi connectivity index (χ4n) is 4.39. The van der Waals surface area contributed by atoms with E-state index in [0.717, 1.165) is 36.3 Å². The SMILES string of the molecule is CCCN(CCC)Cc1ccc(/C=C\c2ccc(CN3C(=O)c4ccccc4C3=O)cc2)cc1. The van der Waals surface area contributed by atoms with E-state index >= 15 is 0 Å². The van der Waals surface area contributed by atoms with Gasteiger partial charge >= 0.3 is 0 Å². The Balaban J connectivity index is 1.35. The molecule has 174 valence electrons. The van der Waals surface area contributed by atoms with Crippen LogP contribution in [0.25, 0.3) is 12.2 Å². The molecule has 3 aromatic rings. The molecule has 0 saturated carbocycles. The predicted molar refractivity (Wildman–Crippen MR) is 138 cm³/mol. The monoisotopic (exact) mass is 452 g/mol. The van der Waals surface area contributed by atoms with Crippen molar-refractivity contribution in [2.24, 2.45) is 0 Å². The molecule has 2 amide bonds. The lowest BCUT2D eigenvalue weighted by Crippen LogP contribution is -2.29. The van der Waals surface area contributed by atoms with Gasteiger partial charge in [-0.3, -0.25) is 19.4 Å². The average molecular weight is 453 g/mol. The highest BCUT2D eigenvalue weighted by molar-refractivity contribution is 6.21. The minimum absolute atomic E-state index is 0.222. The van der Waals surface area contributed by atoms with Crippen molar-refractivity contribution in [2.45, 2.75) is 39.8 Å². The van der Waals surface area contributed by atoms with Gasteiger partial charge in [0.05, 0.1) is 17.7 Å². The van der Waals surface area contributed by atoms with Crippen LogP contribution in [0.5, 0.6) is 0 Å². The van der Waals surface area contributed by atoms with Crippen molar-refractivity contribution in [2.75, 3.05) is 13.1 Å². The van der Waals surface area contributed by atoms with E-state index in [9.17, 15) is 9.59 Å². The fraction of sp³-hybridized carbons (Fsp3) is 0.267. The van der Waals surface area contributed by atoms with Crippen molar-refractivity contribution in [1.29, 1.82) is 0 Å². The van der Waals surface area contributed by atoms with E-state index in [-0.39, 0.29) is 18.4 Å². The summed E-state index contributed by atoms with van der Waals surface area (Å²) in [5.41, 5.74) is 5.49. The molecule has 4 nitrogen and oxygen atoms in total. The van der Waals surface area contributed by atoms with Gasteiger partial charge in [-0.15, -0.1) is 0 Å². The van der Waals surface area contributed by atoms with Crippen LogP contribution in [0.15, 0.2) is 72.8 Å². The van der Waals surface area contributed by atoms with Gasteiger partial charge in [0.15, 0.2) is 0 Å². The van der Waals surface area contributed by atoms with Gasteiger partial charge in [0.1, 0.15) is 0 Å². The highest BCUT2D eigenvalue weighted by atomic mass is 16.2. The predicted octanol–water partition coefficient (Wildman–Crippen LogP) is 6.28. The molecule has 0 bridgehead atoms. The molecule has 0 saturated heterocycles. The van der Waals surface area contributed by atoms with Crippen LogP contribution < -0.4 is 0 Å². The first-order valence-corrected chi connectivity index (χ1v) is 12.1. The maximum absolute atomic E-state index is 12.6. The summed E-state index contributed by atoms with van der Waals surface area (Å²) in [6.07, 6.45) is 6.55. The van der Waals surface area contributed by atoms with E-state index in [0.29, 0.717) is 11.1 Å². The van der Waals surface area contributed by atoms with Crippen LogP contribution in [0, 0.1) is 0 Å². The maximum Gasteiger partial charge on any atom is 0.261 e. The number of carbonyl (C=O) groups is 2. The van der Waals surface area contributed by atoms with Crippen LogP contribution in [0.4, 0.5) is 0 Å². The molecule has 0 atom stereocenters. The standard InChI is InChI=1S/C30H32N2O2/c1-3-19-31(20-4-2)21-25-15-11-23(12-16-25)9-10-24-13-17-26(18-14-24)22-32-29(33)27-7-5-6-8-28(27)30(32)34/h5-18H,3-4,19-22H2,1-2H3/b10-9-. The molecule has 1 aliphatic rings. The zero-order valence-corrected chi connectivity index (χ0v) is 20.0. The minimum atomic E-state index is -0.222. The summed E-state index contributed by atoms with van der Waals surface area (Å²) >= 11 is 0. The first-order chi connectivity index (χ1) is 16.6. The molecular formula is C30H32N2O2. The largest absolute Gasteiger partial charge is 0.299 e. The van der Waals surface area contributed by atoms with Crippen LogP contribution in [-0.4, -0.2) is 34.7 Å². The lowest BCUT2D eigenvalue weighted by Gasteiger charge is -2.20. The molecule has 34 heavy (non-hydrogen) atoms. The van der Waals surface area contributed by atoms with Gasteiger partial charge in [0.2, 0.25) is 0 Å². The Morgan fingerprint density at radius 1 is 0.676 bits per heavy atom. The van der Waals surface area contributed by atoms with Crippen LogP contribution in [0.3, 0.4) is 0 Å². The van der Waals surface area contributed by atoms with E-state index in [1.54, 1.807) is 24.3 Å². The molecule has 1 heterocycles. The van der Waals surface area contributed by atoms with Gasteiger partial charge in [-0.2, -0.15) is 0 Å². The second-order valence-electron chi connectivity index (χ2n) is 8.83. The number of amides is 2. The first-order valence-electron chi connectivity index (χ1n) is 12.1. The van der Waals surface area contributed by atoms with Crippen LogP contribution in [-0.2, 0) is 13.1 Å². The third-order valence-corrected chi connectivity index (χ3v) is 6.13. The van der Waals surface area contributed by atoms with Crippen molar-refractivity contribution in [3.05, 3.63) is 106 Å². The van der Waals surface area contributed by atoms with E-state index in [1.165, 1.54) is 23.3 Å². The zero-order chi connectivity index (χ0) is 23.9. The molecular weight excluding hydrogens is 420 g/mol. The van der Waals surface area contributed by atoms with Crippen LogP contribution >= 0.6 is 0 Å². The van der Waals surface area contributed by atoms with Gasteiger partial charge in [0, 0.05) is 6.54 Å². The van der Waals surface area contributed by atoms with E-state index in [1.807, 2.05) is 24.3 Å². The molecule has 0 N–H and O–H groups in total. The molecule has 0 unspecified atom stereocenters. The Morgan fingerprint density at radius 2 is 1.15 bits per heavy atom. The smallest absolute Gasteiger partial charge is 0.261 e. The van der Waals surface area contributed by atoms with E-state index in [2.05, 4.69) is 55.2 Å². The van der Waals surface area contributed by atoms with Gasteiger partial charge in [-0.1, -0.05) is 86.7 Å². The van der Waals surface area contributed by atoms with Crippen molar-refractivity contribution in [3.63, 3.8) is 0 Å². The van der Waals surface area contributed by atoms with Crippen molar-refractivity contribution in [1.82, 2.24) is 9.80 Å². The molecule has 1 aliphatic heterocycles. The maximum atomic E-state index is 12.6. The Morgan fingerprint density at radius 3 is 1.62 bits per heavy atom. The minimum Gasteiger partial charge on any atom is -0.299 e. The van der Waals surface area contributed by atoms with Gasteiger partial charge < -0.3 is 0 Å². The van der Waals surface area contributed by atoms with Gasteiger partial charge in [-0.05, 0) is 60.3 Å². The summed E-state index contributed by atoms with van der Waals surface area (Å²) in [4.78, 5) is 29.0. The number of carbonyl (C=O) groups excluding carboxylic acids is 2. The first kappa shape index (κ1) is 23.7. The third-order valence-electron chi connectivity index (χ3n) is 6.13. The summed E-state index contributed by atoms with van der Waals surface area (Å²) in [7, 11) is 0. The molecule has 0 radical (unpaired) electrons. The Bertz CT molecular complexity index is 1120. The number of nitrogens with zero attached hydrogens (tertiary/aromatic N) is 2. The second-order valence-corrected chi connectivity index (χ2v) is 8.83. The number of fused-ring (bicyclic) bond motifs is 1. The number of hydrogen-bond acceptors (Lipinski definition) is 3. The van der Waals surface area contributed by atoms with Crippen LogP contribution in [0.2, 0.25) is 0 Å². The lowest BCUT2D eigenvalue weighted by atomic mass is 10.1. The second kappa shape index (κ2) is 11.1. The van der Waals surface area contributed by atoms with E-state index in [4.69, 9.17) is 0 Å². The number of rotatable bonds is 10. The summed E-state index contributed by atoms with van der Waals surface area (Å²) in [5.74, 6) is -0.443. The third kappa shape index (κ3) is 5.52. The summed E-state index contributed by atoms with van der Waals surface area (Å²) in [5, 5.41) is 0. The molecule has 3 aromatic carbocycles. The number of benzene rings is 3. The summed E-state index contributed by atoms with van der Waals surface area (Å²) in [6, 6.07) is 23.7. The van der Waals surface area contributed by atoms with Crippen molar-refractivity contribution in [3.8, 4) is 0 Å². The van der Waals surface area contributed by atoms with Crippen molar-refractivity contribution >= 4 is 24.0 Å². The highest BCUT2D eigenvalue weighted by Crippen LogP contribution is 2.24. The Kier molecular flexibility index (Phi) is 7.71. The van der Waals surface area contributed by atoms with Crippen molar-refractivity contribution < 1.29 is 9.59 Å². The normalized spacial score (nSPS) is 13.3. The molecule has 4 heteroatoms. The molecule has 0 spiro atoms. The molecule has 4 rings (SSSR count). The Hall–Kier alpha value is -3.50. The average Bonchev–Trinajstić information content (AvgIpc) is 3.10. The lowest BCUT2D eigenvalue weighted by molar-refractivity contribution is 0.0642. The molecule has 0 aliphatic carbocycles. The van der Waals surface area contributed by atoms with Crippen LogP contribution in [0.1, 0.15) is 69.7 Å². The quantitative estimate of drug-likeness (QED) is 0.269. The summed E-state index contributed by atoms with van der Waals surface area (Å²) < 4.78 is 0. The topological polar surface area (TPSA) is 40.6 Å². The number of imide groups is 1. The highest BCUT2D eigenvalue weighted by Gasteiger charge is 2.34. The van der Waals surface area contributed by atoms with Gasteiger partial charge in [0.25, 0.3) is 11.8 Å². The number of hydrogen-bond donors (Lipinski definition) is 0. The zero-order valence-electron chi connectivity index (χ0n) is 20.0. The molecule has 0 fully saturated rings.